The Balaban J connectivity index is 2.89. The Morgan fingerprint density at radius 3 is 2.59 bits per heavy atom. The minimum atomic E-state index is -0.434. The van der Waals surface area contributed by atoms with Crippen molar-refractivity contribution < 1.29 is 9.18 Å². The van der Waals surface area contributed by atoms with Gasteiger partial charge in [-0.25, -0.2) is 4.39 Å². The third kappa shape index (κ3) is 3.63. The van der Waals surface area contributed by atoms with E-state index in [2.05, 4.69) is 0 Å². The molecule has 0 fully saturated rings. The molecule has 1 rings (SSSR count). The molecule has 1 aromatic carbocycles. The molecule has 0 aromatic heterocycles. The summed E-state index contributed by atoms with van der Waals surface area (Å²) in [5.74, 6) is -0.628. The summed E-state index contributed by atoms with van der Waals surface area (Å²) in [5.41, 5.74) is 7.52. The van der Waals surface area contributed by atoms with Crippen LogP contribution in [0.4, 0.5) is 4.39 Å². The zero-order valence-electron chi connectivity index (χ0n) is 10.7. The Morgan fingerprint density at radius 1 is 1.41 bits per heavy atom. The van der Waals surface area contributed by atoms with Crippen LogP contribution in [0.2, 0.25) is 0 Å². The highest BCUT2D eigenvalue weighted by molar-refractivity contribution is 5.98. The van der Waals surface area contributed by atoms with Crippen molar-refractivity contribution in [3.05, 3.63) is 34.6 Å². The quantitative estimate of drug-likeness (QED) is 0.799. The van der Waals surface area contributed by atoms with Crippen LogP contribution in [0.25, 0.3) is 0 Å². The van der Waals surface area contributed by atoms with Gasteiger partial charge in [0.2, 0.25) is 0 Å². The molecule has 0 saturated carbocycles. The van der Waals surface area contributed by atoms with Crippen LogP contribution >= 0.6 is 0 Å². The number of ketones is 1. The number of rotatable bonds is 5. The molecule has 1 unspecified atom stereocenters. The second kappa shape index (κ2) is 5.92. The van der Waals surface area contributed by atoms with E-state index in [-0.39, 0.29) is 23.8 Å². The standard InChI is InChI=1S/C14H20FNO/c1-4-5-11(16)8-13(17)14-10(3)6-9(2)7-12(14)15/h6-7,11H,4-5,8,16H2,1-3H3. The summed E-state index contributed by atoms with van der Waals surface area (Å²) in [6.07, 6.45) is 1.94. The van der Waals surface area contributed by atoms with Crippen molar-refractivity contribution in [3.8, 4) is 0 Å². The monoisotopic (exact) mass is 237 g/mol. The molecule has 0 radical (unpaired) electrons. The molecule has 3 heteroatoms. The highest BCUT2D eigenvalue weighted by Gasteiger charge is 2.17. The van der Waals surface area contributed by atoms with Crippen molar-refractivity contribution in [3.63, 3.8) is 0 Å². The van der Waals surface area contributed by atoms with Crippen LogP contribution in [0.3, 0.4) is 0 Å². The van der Waals surface area contributed by atoms with Crippen molar-refractivity contribution in [2.24, 2.45) is 5.73 Å². The molecule has 1 aromatic rings. The highest BCUT2D eigenvalue weighted by atomic mass is 19.1. The van der Waals surface area contributed by atoms with Gasteiger partial charge < -0.3 is 5.73 Å². The summed E-state index contributed by atoms with van der Waals surface area (Å²) in [4.78, 5) is 12.0. The van der Waals surface area contributed by atoms with Crippen LogP contribution in [0.5, 0.6) is 0 Å². The van der Waals surface area contributed by atoms with Crippen molar-refractivity contribution >= 4 is 5.78 Å². The highest BCUT2D eigenvalue weighted by Crippen LogP contribution is 2.18. The number of aryl methyl sites for hydroxylation is 2. The molecule has 0 bridgehead atoms. The number of carbonyl (C=O) groups excluding carboxylic acids is 1. The summed E-state index contributed by atoms with van der Waals surface area (Å²) in [6, 6.07) is 3.04. The average Bonchev–Trinajstić information content (AvgIpc) is 2.15. The fourth-order valence-electron chi connectivity index (χ4n) is 2.08. The first-order valence-electron chi connectivity index (χ1n) is 6.01. The molecule has 0 aliphatic rings. The van der Waals surface area contributed by atoms with Gasteiger partial charge in [0.1, 0.15) is 5.82 Å². The van der Waals surface area contributed by atoms with Gasteiger partial charge >= 0.3 is 0 Å². The molecule has 2 nitrogen and oxygen atoms in total. The van der Waals surface area contributed by atoms with E-state index in [1.165, 1.54) is 6.07 Å². The molecule has 0 aliphatic heterocycles. The Morgan fingerprint density at radius 2 is 2.06 bits per heavy atom. The molecule has 17 heavy (non-hydrogen) atoms. The van der Waals surface area contributed by atoms with E-state index in [0.29, 0.717) is 5.56 Å². The number of nitrogens with two attached hydrogens (primary N) is 1. The molecular weight excluding hydrogens is 217 g/mol. The van der Waals surface area contributed by atoms with Gasteiger partial charge in [-0.05, 0) is 37.5 Å². The second-order valence-corrected chi connectivity index (χ2v) is 4.61. The zero-order valence-corrected chi connectivity index (χ0v) is 10.7. The first-order valence-corrected chi connectivity index (χ1v) is 6.01. The van der Waals surface area contributed by atoms with Crippen LogP contribution in [0.15, 0.2) is 12.1 Å². The Labute approximate surface area is 102 Å². The molecular formula is C14H20FNO. The lowest BCUT2D eigenvalue weighted by atomic mass is 9.96. The predicted octanol–water partition coefficient (Wildman–Crippen LogP) is 3.14. The third-order valence-electron chi connectivity index (χ3n) is 2.82. The smallest absolute Gasteiger partial charge is 0.167 e. The van der Waals surface area contributed by atoms with Crippen LogP contribution in [0, 0.1) is 19.7 Å². The number of carbonyl (C=O) groups is 1. The van der Waals surface area contributed by atoms with Gasteiger partial charge in [-0.1, -0.05) is 19.4 Å². The van der Waals surface area contributed by atoms with Gasteiger partial charge in [-0.15, -0.1) is 0 Å². The molecule has 0 heterocycles. The molecule has 94 valence electrons. The largest absolute Gasteiger partial charge is 0.327 e. The maximum absolute atomic E-state index is 13.7. The molecule has 1 atom stereocenters. The van der Waals surface area contributed by atoms with E-state index in [4.69, 9.17) is 5.73 Å². The predicted molar refractivity (Wildman–Crippen MR) is 67.7 cm³/mol. The van der Waals surface area contributed by atoms with Crippen molar-refractivity contribution in [2.45, 2.75) is 46.1 Å². The van der Waals surface area contributed by atoms with Crippen molar-refractivity contribution in [1.82, 2.24) is 0 Å². The van der Waals surface area contributed by atoms with E-state index >= 15 is 0 Å². The lowest BCUT2D eigenvalue weighted by molar-refractivity contribution is 0.0968. The van der Waals surface area contributed by atoms with Crippen LogP contribution in [-0.4, -0.2) is 11.8 Å². The summed E-state index contributed by atoms with van der Waals surface area (Å²) in [5, 5.41) is 0. The topological polar surface area (TPSA) is 43.1 Å². The SMILES string of the molecule is CCCC(N)CC(=O)c1c(C)cc(C)cc1F. The lowest BCUT2D eigenvalue weighted by Crippen LogP contribution is -2.24. The third-order valence-corrected chi connectivity index (χ3v) is 2.82. The zero-order chi connectivity index (χ0) is 13.0. The first kappa shape index (κ1) is 13.8. The van der Waals surface area contributed by atoms with E-state index in [1.807, 2.05) is 19.9 Å². The first-order chi connectivity index (χ1) is 7.95. The summed E-state index contributed by atoms with van der Waals surface area (Å²) in [6.45, 7) is 5.59. The fraction of sp³-hybridized carbons (Fsp3) is 0.500. The van der Waals surface area contributed by atoms with Crippen LogP contribution < -0.4 is 5.73 Å². The molecule has 0 amide bonds. The maximum Gasteiger partial charge on any atom is 0.167 e. The fourth-order valence-corrected chi connectivity index (χ4v) is 2.08. The summed E-state index contributed by atoms with van der Waals surface area (Å²) >= 11 is 0. The number of hydrogen-bond donors (Lipinski definition) is 1. The van der Waals surface area contributed by atoms with E-state index in [1.54, 1.807) is 6.92 Å². The maximum atomic E-state index is 13.7. The normalized spacial score (nSPS) is 12.5. The summed E-state index contributed by atoms with van der Waals surface area (Å²) in [7, 11) is 0. The van der Waals surface area contributed by atoms with Crippen molar-refractivity contribution in [2.75, 3.05) is 0 Å². The average molecular weight is 237 g/mol. The number of benzene rings is 1. The van der Waals surface area contributed by atoms with Gasteiger partial charge in [0.15, 0.2) is 5.78 Å². The number of halogens is 1. The van der Waals surface area contributed by atoms with E-state index in [0.717, 1.165) is 18.4 Å². The summed E-state index contributed by atoms with van der Waals surface area (Å²) < 4.78 is 13.7. The Bertz CT molecular complexity index is 392. The van der Waals surface area contributed by atoms with Gasteiger partial charge in [-0.2, -0.15) is 0 Å². The number of hydrogen-bond acceptors (Lipinski definition) is 2. The molecule has 0 aliphatic carbocycles. The Kier molecular flexibility index (Phi) is 4.82. The number of Topliss-reactive ketones (excluding diaryl/α,β-unsaturated/α-hetero) is 1. The molecule has 0 saturated heterocycles. The van der Waals surface area contributed by atoms with Gasteiger partial charge in [-0.3, -0.25) is 4.79 Å². The minimum absolute atomic E-state index is 0.174. The molecule has 0 spiro atoms. The van der Waals surface area contributed by atoms with Gasteiger partial charge in [0.25, 0.3) is 0 Å². The van der Waals surface area contributed by atoms with Crippen molar-refractivity contribution in [1.29, 1.82) is 0 Å². The lowest BCUT2D eigenvalue weighted by Gasteiger charge is -2.12. The van der Waals surface area contributed by atoms with Crippen LogP contribution in [-0.2, 0) is 0 Å². The van der Waals surface area contributed by atoms with E-state index in [9.17, 15) is 9.18 Å². The van der Waals surface area contributed by atoms with Gasteiger partial charge in [0.05, 0.1) is 5.56 Å². The van der Waals surface area contributed by atoms with Gasteiger partial charge in [0, 0.05) is 12.5 Å². The second-order valence-electron chi connectivity index (χ2n) is 4.61. The minimum Gasteiger partial charge on any atom is -0.327 e. The van der Waals surface area contributed by atoms with E-state index < -0.39 is 5.82 Å². The molecule has 2 N–H and O–H groups in total. The Hall–Kier alpha value is -1.22. The van der Waals surface area contributed by atoms with Crippen LogP contribution in [0.1, 0.15) is 47.7 Å².